The van der Waals surface area contributed by atoms with Crippen molar-refractivity contribution in [1.82, 2.24) is 36.0 Å². The summed E-state index contributed by atoms with van der Waals surface area (Å²) in [4.78, 5) is 61.8. The number of rotatable bonds is 5. The minimum absolute atomic E-state index is 0.00327. The Morgan fingerprint density at radius 3 is 2.53 bits per heavy atom. The van der Waals surface area contributed by atoms with Gasteiger partial charge in [0.25, 0.3) is 17.7 Å². The van der Waals surface area contributed by atoms with Crippen LogP contribution in [-0.2, 0) is 17.8 Å². The van der Waals surface area contributed by atoms with E-state index in [4.69, 9.17) is 8.94 Å². The molecule has 5 rings (SSSR count). The number of hydrogen-bond donors (Lipinski definition) is 4. The zero-order chi connectivity index (χ0) is 30.3. The lowest BCUT2D eigenvalue weighted by molar-refractivity contribution is -0.123. The van der Waals surface area contributed by atoms with Crippen molar-refractivity contribution >= 4 is 23.6 Å². The van der Waals surface area contributed by atoms with E-state index in [9.17, 15) is 19.2 Å². The first-order chi connectivity index (χ1) is 20.8. The van der Waals surface area contributed by atoms with Crippen LogP contribution >= 0.6 is 0 Å². The van der Waals surface area contributed by atoms with E-state index in [1.807, 2.05) is 44.2 Å². The van der Waals surface area contributed by atoms with E-state index in [0.29, 0.717) is 12.1 Å². The summed E-state index contributed by atoms with van der Waals surface area (Å²) in [5, 5.41) is 12.4. The van der Waals surface area contributed by atoms with Crippen molar-refractivity contribution in [3.63, 3.8) is 0 Å². The number of carbonyl (C=O) groups excluding carboxylic acids is 4. The molecule has 13 nitrogen and oxygen atoms in total. The molecule has 1 aromatic carbocycles. The fourth-order valence-electron chi connectivity index (χ4n) is 4.77. The molecule has 2 atom stereocenters. The Hall–Kier alpha value is -5.20. The quantitative estimate of drug-likeness (QED) is 0.276. The summed E-state index contributed by atoms with van der Waals surface area (Å²) >= 11 is 0. The molecule has 1 aliphatic rings. The van der Waals surface area contributed by atoms with Gasteiger partial charge in [0.2, 0.25) is 11.8 Å². The van der Waals surface area contributed by atoms with Gasteiger partial charge in [-0.1, -0.05) is 49.3 Å². The van der Waals surface area contributed by atoms with Crippen LogP contribution in [0.2, 0.25) is 0 Å². The third-order valence-corrected chi connectivity index (χ3v) is 6.90. The Bertz CT molecular complexity index is 1560. The number of benzene rings is 1. The number of H-pyrrole nitrogens is 1. The van der Waals surface area contributed by atoms with Crippen LogP contribution in [-0.4, -0.2) is 62.8 Å². The van der Waals surface area contributed by atoms with Crippen LogP contribution in [0.5, 0.6) is 0 Å². The Morgan fingerprint density at radius 1 is 1.02 bits per heavy atom. The monoisotopic (exact) mass is 587 g/mol. The average Bonchev–Trinajstić information content (AvgIpc) is 3.78. The second-order valence-electron chi connectivity index (χ2n) is 10.7. The minimum Gasteiger partial charge on any atom is -0.446 e. The molecule has 0 spiro atoms. The molecular weight excluding hydrogens is 554 g/mol. The lowest BCUT2D eigenvalue weighted by atomic mass is 10.0. The van der Waals surface area contributed by atoms with Crippen LogP contribution in [0.4, 0.5) is 0 Å². The van der Waals surface area contributed by atoms with Gasteiger partial charge in [-0.15, -0.1) is 0 Å². The molecule has 4 bridgehead atoms. The molecule has 0 radical (unpaired) electrons. The first-order valence-corrected chi connectivity index (χ1v) is 14.0. The van der Waals surface area contributed by atoms with E-state index in [2.05, 4.69) is 31.1 Å². The second kappa shape index (κ2) is 13.2. The molecule has 4 aromatic rings. The van der Waals surface area contributed by atoms with Crippen LogP contribution in [0.1, 0.15) is 75.0 Å². The molecule has 1 aliphatic heterocycles. The van der Waals surface area contributed by atoms with Gasteiger partial charge >= 0.3 is 0 Å². The van der Waals surface area contributed by atoms with Crippen LogP contribution in [0.25, 0.3) is 0 Å². The summed E-state index contributed by atoms with van der Waals surface area (Å²) in [6.45, 7) is 4.15. The molecule has 0 saturated heterocycles. The van der Waals surface area contributed by atoms with E-state index in [-0.39, 0.29) is 60.9 Å². The van der Waals surface area contributed by atoms with Crippen LogP contribution in [0.3, 0.4) is 0 Å². The molecule has 0 fully saturated rings. The van der Waals surface area contributed by atoms with E-state index >= 15 is 0 Å². The molecule has 0 unspecified atom stereocenters. The maximum atomic E-state index is 13.4. The SMILES string of the molecule is CC(C)C[C@H]1NC(=O)c2cc(on2)CN(C(=O)c2ccc[nH]2)CCNC(=O)[C@H](Cc2ccccc2)NC(=O)c2coc1n2. The molecular formula is C30H33N7O6. The van der Waals surface area contributed by atoms with E-state index in [1.165, 1.54) is 17.2 Å². The highest BCUT2D eigenvalue weighted by Crippen LogP contribution is 2.22. The Kier molecular flexibility index (Phi) is 8.99. The van der Waals surface area contributed by atoms with E-state index in [1.54, 1.807) is 18.3 Å². The standard InChI is InChI=1S/C30H33N7O6/c1-18(2)13-24-29-35-25(17-42-29)28(40)33-22(14-19-7-4-3-5-8-19)26(38)32-11-12-37(30(41)21-9-6-10-31-21)16-20-15-23(36-43-20)27(39)34-24/h3-10,15,17-18,22,24,31H,11-14,16H2,1-2H3,(H,32,38)(H,33,40)(H,34,39)/t22-,24+/m0/s1. The number of fused-ring (bicyclic) bond motifs is 4. The van der Waals surface area contributed by atoms with Gasteiger partial charge in [0.15, 0.2) is 17.1 Å². The van der Waals surface area contributed by atoms with Crippen molar-refractivity contribution in [2.24, 2.45) is 5.92 Å². The summed E-state index contributed by atoms with van der Waals surface area (Å²) in [5.74, 6) is -1.32. The first-order valence-electron chi connectivity index (χ1n) is 14.0. The number of nitrogens with one attached hydrogen (secondary N) is 4. The predicted molar refractivity (Wildman–Crippen MR) is 153 cm³/mol. The summed E-state index contributed by atoms with van der Waals surface area (Å²) in [5.41, 5.74) is 1.17. The Labute approximate surface area is 247 Å². The molecule has 4 heterocycles. The number of amides is 4. The maximum Gasteiger partial charge on any atom is 0.274 e. The van der Waals surface area contributed by atoms with Crippen molar-refractivity contribution in [3.05, 3.63) is 95.3 Å². The number of carbonyl (C=O) groups is 4. The molecule has 13 heteroatoms. The molecule has 4 N–H and O–H groups in total. The summed E-state index contributed by atoms with van der Waals surface area (Å²) < 4.78 is 11.0. The van der Waals surface area contributed by atoms with Crippen LogP contribution < -0.4 is 16.0 Å². The van der Waals surface area contributed by atoms with Gasteiger partial charge in [-0.25, -0.2) is 4.98 Å². The molecule has 0 saturated carbocycles. The molecule has 3 aromatic heterocycles. The summed E-state index contributed by atoms with van der Waals surface area (Å²) in [6.07, 6.45) is 3.53. The number of hydrogen-bond acceptors (Lipinski definition) is 8. The Balaban J connectivity index is 1.46. The fourth-order valence-corrected chi connectivity index (χ4v) is 4.77. The highest BCUT2D eigenvalue weighted by Gasteiger charge is 2.28. The smallest absolute Gasteiger partial charge is 0.274 e. The third-order valence-electron chi connectivity index (χ3n) is 6.90. The number of nitrogens with zero attached hydrogens (tertiary/aromatic N) is 3. The van der Waals surface area contributed by atoms with E-state index < -0.39 is 29.8 Å². The van der Waals surface area contributed by atoms with Crippen LogP contribution in [0, 0.1) is 5.92 Å². The number of oxazole rings is 1. The lowest BCUT2D eigenvalue weighted by Gasteiger charge is -2.23. The zero-order valence-corrected chi connectivity index (χ0v) is 23.8. The topological polar surface area (TPSA) is 175 Å². The highest BCUT2D eigenvalue weighted by molar-refractivity contribution is 5.96. The van der Waals surface area contributed by atoms with Crippen molar-refractivity contribution in [2.45, 2.75) is 45.3 Å². The summed E-state index contributed by atoms with van der Waals surface area (Å²) in [7, 11) is 0. The van der Waals surface area contributed by atoms with Crippen molar-refractivity contribution in [3.8, 4) is 0 Å². The minimum atomic E-state index is -0.940. The van der Waals surface area contributed by atoms with Gasteiger partial charge in [-0.3, -0.25) is 19.2 Å². The molecule has 0 aliphatic carbocycles. The maximum absolute atomic E-state index is 13.4. The third kappa shape index (κ3) is 7.36. The molecule has 4 amide bonds. The average molecular weight is 588 g/mol. The predicted octanol–water partition coefficient (Wildman–Crippen LogP) is 2.62. The van der Waals surface area contributed by atoms with Gasteiger partial charge in [0.1, 0.15) is 24.0 Å². The van der Waals surface area contributed by atoms with E-state index in [0.717, 1.165) is 5.56 Å². The highest BCUT2D eigenvalue weighted by atomic mass is 16.5. The van der Waals surface area contributed by atoms with Gasteiger partial charge in [-0.05, 0) is 30.0 Å². The second-order valence-corrected chi connectivity index (χ2v) is 10.7. The fraction of sp³-hybridized carbons (Fsp3) is 0.333. The van der Waals surface area contributed by atoms with Gasteiger partial charge in [-0.2, -0.15) is 0 Å². The lowest BCUT2D eigenvalue weighted by Crippen LogP contribution is -2.49. The van der Waals surface area contributed by atoms with Gasteiger partial charge in [0.05, 0.1) is 6.54 Å². The van der Waals surface area contributed by atoms with Crippen molar-refractivity contribution < 1.29 is 28.1 Å². The van der Waals surface area contributed by atoms with Crippen molar-refractivity contribution in [1.29, 1.82) is 0 Å². The summed E-state index contributed by atoms with van der Waals surface area (Å²) in [6, 6.07) is 12.5. The molecule has 224 valence electrons. The van der Waals surface area contributed by atoms with Crippen molar-refractivity contribution in [2.75, 3.05) is 13.1 Å². The largest absolute Gasteiger partial charge is 0.446 e. The van der Waals surface area contributed by atoms with Crippen LogP contribution in [0.15, 0.2) is 69.9 Å². The molecule has 43 heavy (non-hydrogen) atoms. The van der Waals surface area contributed by atoms with Gasteiger partial charge in [0, 0.05) is 31.8 Å². The normalized spacial score (nSPS) is 18.4. The van der Waals surface area contributed by atoms with Gasteiger partial charge < -0.3 is 34.8 Å². The first kappa shape index (κ1) is 29.3. The Morgan fingerprint density at radius 2 is 1.79 bits per heavy atom. The number of aromatic nitrogens is 3. The number of aromatic amines is 1. The zero-order valence-electron chi connectivity index (χ0n) is 23.8.